The van der Waals surface area contributed by atoms with Gasteiger partial charge in [-0.05, 0) is 47.9 Å². The lowest BCUT2D eigenvalue weighted by molar-refractivity contribution is -0.137. The summed E-state index contributed by atoms with van der Waals surface area (Å²) in [6, 6.07) is 5.79. The Kier molecular flexibility index (Phi) is 7.75. The maximum absolute atomic E-state index is 12.7. The summed E-state index contributed by atoms with van der Waals surface area (Å²) in [6.45, 7) is 10.7. The van der Waals surface area contributed by atoms with Crippen molar-refractivity contribution in [2.45, 2.75) is 65.8 Å². The number of nitrogens with zero attached hydrogens (tertiary/aromatic N) is 1. The van der Waals surface area contributed by atoms with Crippen molar-refractivity contribution in [3.8, 4) is 0 Å². The molecule has 1 aliphatic heterocycles. The molecule has 1 heterocycles. The molecule has 1 atom stereocenters. The molecule has 160 valence electrons. The average molecular weight is 421 g/mol. The Labute approximate surface area is 179 Å². The van der Waals surface area contributed by atoms with Gasteiger partial charge in [0.15, 0.2) is 0 Å². The molecule has 29 heavy (non-hydrogen) atoms. The molecule has 2 amide bonds. The number of carboxylic acid groups (broad SMARTS) is 1. The lowest BCUT2D eigenvalue weighted by Gasteiger charge is -2.42. The number of nitrogens with one attached hydrogen (secondary N) is 1. The summed E-state index contributed by atoms with van der Waals surface area (Å²) in [4.78, 5) is 25.0. The van der Waals surface area contributed by atoms with Crippen LogP contribution in [-0.2, 0) is 16.8 Å². The number of hydrogen-bond acceptors (Lipinski definition) is 2. The third-order valence-corrected chi connectivity index (χ3v) is 6.32. The van der Waals surface area contributed by atoms with Crippen molar-refractivity contribution >= 4 is 23.6 Å². The standard InChI is InChI=1S/C23H33ClN2O3/c1-6-16(7-2)12-17-8-9-18(13-20(17)24)23(5)19(15(3)4)14-26(22(29)25-23)11-10-21(27)28/h8-9,13-16H,6-7,10-12H2,1-5H3,(H,25,29)(H,27,28)/t23-/m0/s1. The molecule has 2 N–H and O–H groups in total. The van der Waals surface area contributed by atoms with Crippen LogP contribution in [0, 0.1) is 11.8 Å². The number of carboxylic acids is 1. The number of amides is 2. The fourth-order valence-electron chi connectivity index (χ4n) is 3.97. The van der Waals surface area contributed by atoms with Crippen LogP contribution >= 0.6 is 11.6 Å². The van der Waals surface area contributed by atoms with E-state index in [1.807, 2.05) is 19.1 Å². The van der Waals surface area contributed by atoms with Gasteiger partial charge in [0.05, 0.1) is 12.0 Å². The Balaban J connectivity index is 2.38. The lowest BCUT2D eigenvalue weighted by atomic mass is 9.78. The molecule has 1 aromatic rings. The first kappa shape index (κ1) is 23.3. The molecule has 0 saturated heterocycles. The highest BCUT2D eigenvalue weighted by Gasteiger charge is 2.39. The molecule has 0 saturated carbocycles. The van der Waals surface area contributed by atoms with Crippen LogP contribution in [0.4, 0.5) is 4.79 Å². The van der Waals surface area contributed by atoms with E-state index in [0.29, 0.717) is 5.92 Å². The van der Waals surface area contributed by atoms with Gasteiger partial charge in [0, 0.05) is 17.8 Å². The summed E-state index contributed by atoms with van der Waals surface area (Å²) in [6.07, 6.45) is 4.90. The molecule has 5 nitrogen and oxygen atoms in total. The molecule has 0 fully saturated rings. The van der Waals surface area contributed by atoms with Crippen LogP contribution < -0.4 is 5.32 Å². The summed E-state index contributed by atoms with van der Waals surface area (Å²) >= 11 is 6.64. The van der Waals surface area contributed by atoms with Crippen LogP contribution in [0.15, 0.2) is 30.0 Å². The minimum absolute atomic E-state index is 0.0947. The summed E-state index contributed by atoms with van der Waals surface area (Å²) in [5, 5.41) is 12.8. The van der Waals surface area contributed by atoms with Crippen molar-refractivity contribution in [1.29, 1.82) is 0 Å². The van der Waals surface area contributed by atoms with E-state index in [4.69, 9.17) is 16.7 Å². The first-order valence-corrected chi connectivity index (χ1v) is 10.8. The third-order valence-electron chi connectivity index (χ3n) is 5.97. The fourth-order valence-corrected chi connectivity index (χ4v) is 4.23. The third kappa shape index (κ3) is 5.33. The number of carbonyl (C=O) groups is 2. The van der Waals surface area contributed by atoms with Crippen LogP contribution in [0.1, 0.15) is 65.0 Å². The van der Waals surface area contributed by atoms with E-state index >= 15 is 0 Å². The Hall–Kier alpha value is -2.01. The summed E-state index contributed by atoms with van der Waals surface area (Å²) in [7, 11) is 0. The van der Waals surface area contributed by atoms with E-state index in [9.17, 15) is 9.59 Å². The van der Waals surface area contributed by atoms with Crippen molar-refractivity contribution in [3.05, 3.63) is 46.1 Å². The van der Waals surface area contributed by atoms with Crippen molar-refractivity contribution in [3.63, 3.8) is 0 Å². The molecule has 0 spiro atoms. The first-order valence-electron chi connectivity index (χ1n) is 10.4. The number of hydrogen-bond donors (Lipinski definition) is 2. The van der Waals surface area contributed by atoms with Gasteiger partial charge in [0.1, 0.15) is 0 Å². The van der Waals surface area contributed by atoms with Crippen molar-refractivity contribution in [1.82, 2.24) is 10.2 Å². The first-order chi connectivity index (χ1) is 13.6. The number of halogens is 1. The molecule has 1 aliphatic rings. The molecular weight excluding hydrogens is 388 g/mol. The van der Waals surface area contributed by atoms with Crippen molar-refractivity contribution in [2.75, 3.05) is 6.54 Å². The number of urea groups is 1. The van der Waals surface area contributed by atoms with Gasteiger partial charge in [-0.15, -0.1) is 0 Å². The van der Waals surface area contributed by atoms with Gasteiger partial charge in [0.2, 0.25) is 0 Å². The fraction of sp³-hybridized carbons (Fsp3) is 0.565. The Morgan fingerprint density at radius 1 is 1.28 bits per heavy atom. The smallest absolute Gasteiger partial charge is 0.322 e. The van der Waals surface area contributed by atoms with E-state index in [2.05, 4.69) is 39.1 Å². The van der Waals surface area contributed by atoms with Gasteiger partial charge in [-0.1, -0.05) is 64.3 Å². The number of aliphatic carboxylic acids is 1. The quantitative estimate of drug-likeness (QED) is 0.548. The van der Waals surface area contributed by atoms with Gasteiger partial charge in [0.25, 0.3) is 0 Å². The normalized spacial score (nSPS) is 19.5. The van der Waals surface area contributed by atoms with E-state index in [0.717, 1.165) is 41.0 Å². The molecule has 0 aromatic heterocycles. The minimum atomic E-state index is -0.925. The zero-order chi connectivity index (χ0) is 21.8. The molecular formula is C23H33ClN2O3. The second-order valence-corrected chi connectivity index (χ2v) is 8.73. The van der Waals surface area contributed by atoms with E-state index in [-0.39, 0.29) is 24.9 Å². The minimum Gasteiger partial charge on any atom is -0.481 e. The molecule has 0 unspecified atom stereocenters. The molecule has 2 rings (SSSR count). The van der Waals surface area contributed by atoms with Gasteiger partial charge < -0.3 is 15.3 Å². The molecule has 0 aliphatic carbocycles. The Morgan fingerprint density at radius 3 is 2.45 bits per heavy atom. The zero-order valence-corrected chi connectivity index (χ0v) is 18.8. The molecule has 0 bridgehead atoms. The largest absolute Gasteiger partial charge is 0.481 e. The zero-order valence-electron chi connectivity index (χ0n) is 18.1. The highest BCUT2D eigenvalue weighted by Crippen LogP contribution is 2.38. The van der Waals surface area contributed by atoms with Crippen LogP contribution in [0.2, 0.25) is 5.02 Å². The topological polar surface area (TPSA) is 69.6 Å². The highest BCUT2D eigenvalue weighted by molar-refractivity contribution is 6.31. The second-order valence-electron chi connectivity index (χ2n) is 8.32. The van der Waals surface area contributed by atoms with E-state index in [1.165, 1.54) is 4.90 Å². The number of carbonyl (C=O) groups excluding carboxylic acids is 1. The SMILES string of the molecule is CCC(CC)Cc1ccc([C@]2(C)NC(=O)N(CCC(=O)O)C=C2C(C)C)cc1Cl. The van der Waals surface area contributed by atoms with Gasteiger partial charge in [-0.3, -0.25) is 4.79 Å². The summed E-state index contributed by atoms with van der Waals surface area (Å²) in [5.74, 6) is -0.154. The average Bonchev–Trinajstić information content (AvgIpc) is 2.65. The van der Waals surface area contributed by atoms with E-state index < -0.39 is 11.5 Å². The Bertz CT molecular complexity index is 786. The van der Waals surface area contributed by atoms with Crippen LogP contribution in [0.25, 0.3) is 0 Å². The molecule has 0 radical (unpaired) electrons. The highest BCUT2D eigenvalue weighted by atomic mass is 35.5. The predicted octanol–water partition coefficient (Wildman–Crippen LogP) is 5.57. The summed E-state index contributed by atoms with van der Waals surface area (Å²) in [5.41, 5.74) is 2.39. The van der Waals surface area contributed by atoms with Crippen molar-refractivity contribution in [2.24, 2.45) is 11.8 Å². The lowest BCUT2D eigenvalue weighted by Crippen LogP contribution is -2.55. The molecule has 6 heteroatoms. The predicted molar refractivity (Wildman–Crippen MR) is 117 cm³/mol. The van der Waals surface area contributed by atoms with Gasteiger partial charge in [-0.25, -0.2) is 4.79 Å². The maximum atomic E-state index is 12.7. The maximum Gasteiger partial charge on any atom is 0.322 e. The Morgan fingerprint density at radius 2 is 1.93 bits per heavy atom. The molecule has 1 aromatic carbocycles. The number of benzene rings is 1. The van der Waals surface area contributed by atoms with Crippen LogP contribution in [0.3, 0.4) is 0 Å². The van der Waals surface area contributed by atoms with E-state index in [1.54, 1.807) is 6.20 Å². The monoisotopic (exact) mass is 420 g/mol. The van der Waals surface area contributed by atoms with Crippen LogP contribution in [-0.4, -0.2) is 28.6 Å². The number of rotatable bonds is 9. The van der Waals surface area contributed by atoms with Gasteiger partial charge >= 0.3 is 12.0 Å². The van der Waals surface area contributed by atoms with Crippen LogP contribution in [0.5, 0.6) is 0 Å². The van der Waals surface area contributed by atoms with Crippen molar-refractivity contribution < 1.29 is 14.7 Å². The second kappa shape index (κ2) is 9.66. The van der Waals surface area contributed by atoms with Gasteiger partial charge in [-0.2, -0.15) is 0 Å². The summed E-state index contributed by atoms with van der Waals surface area (Å²) < 4.78 is 0.